The molecule has 2 aromatic heterocycles. The maximum Gasteiger partial charge on any atom is 0.435 e. The minimum atomic E-state index is -5.29. The summed E-state index contributed by atoms with van der Waals surface area (Å²) in [6, 6.07) is 8.34. The lowest BCUT2D eigenvalue weighted by atomic mass is 10.2. The molecule has 0 aliphatic carbocycles. The summed E-state index contributed by atoms with van der Waals surface area (Å²) < 4.78 is 92.2. The number of hydrogen-bond donors (Lipinski definition) is 0. The summed E-state index contributed by atoms with van der Waals surface area (Å²) >= 11 is 0. The van der Waals surface area contributed by atoms with Gasteiger partial charge in [-0.05, 0) is 12.1 Å². The van der Waals surface area contributed by atoms with E-state index < -0.39 is 30.3 Å². The van der Waals surface area contributed by atoms with Gasteiger partial charge in [-0.15, -0.1) is 0 Å². The topological polar surface area (TPSA) is 35.6 Å². The van der Waals surface area contributed by atoms with Crippen molar-refractivity contribution >= 4 is 0 Å². The van der Waals surface area contributed by atoms with E-state index in [4.69, 9.17) is 0 Å². The third kappa shape index (κ3) is 3.81. The first-order valence-electron chi connectivity index (χ1n) is 7.55. The molecule has 0 bridgehead atoms. The number of nitrogens with zero attached hydrogens (tertiary/aromatic N) is 4. The Balaban J connectivity index is 2.13. The fourth-order valence-electron chi connectivity index (χ4n) is 2.50. The van der Waals surface area contributed by atoms with Crippen molar-refractivity contribution in [3.05, 3.63) is 59.8 Å². The molecule has 1 aromatic carbocycles. The first kappa shape index (κ1) is 18.9. The van der Waals surface area contributed by atoms with Crippen molar-refractivity contribution in [1.29, 1.82) is 0 Å². The summed E-state index contributed by atoms with van der Waals surface area (Å²) in [6.45, 7) is -0.802. The Morgan fingerprint density at radius 3 is 2.07 bits per heavy atom. The second kappa shape index (κ2) is 6.71. The zero-order valence-corrected chi connectivity index (χ0v) is 13.4. The van der Waals surface area contributed by atoms with Gasteiger partial charge in [0.05, 0.1) is 12.9 Å². The number of aromatic nitrogens is 4. The molecule has 0 fully saturated rings. The molecule has 4 nitrogen and oxygen atoms in total. The van der Waals surface area contributed by atoms with E-state index in [-0.39, 0.29) is 24.3 Å². The first-order valence-corrected chi connectivity index (χ1v) is 7.55. The van der Waals surface area contributed by atoms with Crippen LogP contribution in [-0.2, 0) is 18.8 Å². The highest BCUT2D eigenvalue weighted by Gasteiger charge is 2.46. The van der Waals surface area contributed by atoms with Crippen LogP contribution < -0.4 is 0 Å². The van der Waals surface area contributed by atoms with Gasteiger partial charge in [-0.2, -0.15) is 31.4 Å². The molecule has 0 amide bonds. The Hall–Kier alpha value is -2.85. The molecule has 27 heavy (non-hydrogen) atoms. The molecule has 0 saturated carbocycles. The molecule has 0 atom stereocenters. The summed E-state index contributed by atoms with van der Waals surface area (Å²) in [6.07, 6.45) is -9.28. The van der Waals surface area contributed by atoms with Gasteiger partial charge in [-0.25, -0.2) is 9.67 Å². The Bertz CT molecular complexity index is 891. The van der Waals surface area contributed by atoms with Crippen LogP contribution in [-0.4, -0.2) is 26.0 Å². The fourth-order valence-corrected chi connectivity index (χ4v) is 2.50. The third-order valence-corrected chi connectivity index (χ3v) is 3.64. The maximum absolute atomic E-state index is 12.9. The van der Waals surface area contributed by atoms with Crippen LogP contribution in [0, 0.1) is 0 Å². The van der Waals surface area contributed by atoms with E-state index in [1.807, 2.05) is 0 Å². The molecule has 0 aliphatic rings. The predicted octanol–water partition coefficient (Wildman–Crippen LogP) is 4.61. The van der Waals surface area contributed by atoms with Crippen molar-refractivity contribution in [3.63, 3.8) is 0 Å². The summed E-state index contributed by atoms with van der Waals surface area (Å²) in [5.74, 6) is -0.153. The van der Waals surface area contributed by atoms with Crippen molar-refractivity contribution < 1.29 is 30.7 Å². The highest BCUT2D eigenvalue weighted by molar-refractivity contribution is 5.37. The van der Waals surface area contributed by atoms with Gasteiger partial charge < -0.3 is 4.57 Å². The van der Waals surface area contributed by atoms with E-state index >= 15 is 0 Å². The quantitative estimate of drug-likeness (QED) is 0.608. The SMILES string of the molecule is FCCc1nc(-n2cc(C(F)(F)F)c(C(F)(F)F)n2)cn1-c1ccccc1. The largest absolute Gasteiger partial charge is 0.435 e. The normalized spacial score (nSPS) is 12.6. The van der Waals surface area contributed by atoms with Crippen LogP contribution in [0.15, 0.2) is 42.7 Å². The Kier molecular flexibility index (Phi) is 4.70. The highest BCUT2D eigenvalue weighted by Crippen LogP contribution is 2.39. The predicted molar refractivity (Wildman–Crippen MR) is 80.4 cm³/mol. The number of hydrogen-bond acceptors (Lipinski definition) is 2. The van der Waals surface area contributed by atoms with Gasteiger partial charge in [0.15, 0.2) is 11.5 Å². The fraction of sp³-hybridized carbons (Fsp3) is 0.250. The number of imidazole rings is 1. The van der Waals surface area contributed by atoms with Gasteiger partial charge in [0.2, 0.25) is 0 Å². The molecule has 3 rings (SSSR count). The van der Waals surface area contributed by atoms with Crippen molar-refractivity contribution in [3.8, 4) is 11.5 Å². The van der Waals surface area contributed by atoms with E-state index in [1.165, 1.54) is 10.8 Å². The molecular weight excluding hydrogens is 381 g/mol. The van der Waals surface area contributed by atoms with Crippen LogP contribution in [0.25, 0.3) is 11.5 Å². The zero-order valence-electron chi connectivity index (χ0n) is 13.4. The Morgan fingerprint density at radius 1 is 0.889 bits per heavy atom. The van der Waals surface area contributed by atoms with Crippen LogP contribution in [0.3, 0.4) is 0 Å². The summed E-state index contributed by atoms with van der Waals surface area (Å²) in [7, 11) is 0. The summed E-state index contributed by atoms with van der Waals surface area (Å²) in [4.78, 5) is 3.95. The number of rotatable bonds is 4. The second-order valence-corrected chi connectivity index (χ2v) is 5.49. The van der Waals surface area contributed by atoms with Crippen LogP contribution in [0.2, 0.25) is 0 Å². The zero-order chi connectivity index (χ0) is 19.8. The molecule has 0 N–H and O–H groups in total. The average molecular weight is 392 g/mol. The third-order valence-electron chi connectivity index (χ3n) is 3.64. The molecule has 144 valence electrons. The average Bonchev–Trinajstić information content (AvgIpc) is 3.19. The molecule has 0 unspecified atom stereocenters. The molecule has 0 spiro atoms. The van der Waals surface area contributed by atoms with E-state index in [1.54, 1.807) is 30.3 Å². The number of halogens is 7. The Morgan fingerprint density at radius 2 is 1.56 bits per heavy atom. The maximum atomic E-state index is 12.9. The van der Waals surface area contributed by atoms with Crippen LogP contribution in [0.4, 0.5) is 30.7 Å². The highest BCUT2D eigenvalue weighted by atomic mass is 19.4. The smallest absolute Gasteiger partial charge is 0.301 e. The number of benzene rings is 1. The van der Waals surface area contributed by atoms with Gasteiger partial charge in [-0.1, -0.05) is 18.2 Å². The minimum Gasteiger partial charge on any atom is -0.301 e. The standard InChI is InChI=1S/C16H11F7N4/c17-7-6-12-24-13(9-26(12)10-4-2-1-3-5-10)27-8-11(15(18,19)20)14(25-27)16(21,22)23/h1-5,8-9H,6-7H2. The number of alkyl halides is 7. The van der Waals surface area contributed by atoms with Crippen LogP contribution in [0.5, 0.6) is 0 Å². The lowest BCUT2D eigenvalue weighted by molar-refractivity contribution is -0.163. The van der Waals surface area contributed by atoms with E-state index in [0.717, 1.165) is 0 Å². The van der Waals surface area contributed by atoms with E-state index in [2.05, 4.69) is 10.1 Å². The van der Waals surface area contributed by atoms with Crippen LogP contribution in [0.1, 0.15) is 17.1 Å². The van der Waals surface area contributed by atoms with Gasteiger partial charge in [0, 0.05) is 18.3 Å². The number of para-hydroxylation sites is 1. The van der Waals surface area contributed by atoms with Crippen molar-refractivity contribution in [2.45, 2.75) is 18.8 Å². The van der Waals surface area contributed by atoms with E-state index in [9.17, 15) is 30.7 Å². The van der Waals surface area contributed by atoms with Crippen LogP contribution >= 0.6 is 0 Å². The van der Waals surface area contributed by atoms with Crippen molar-refractivity contribution in [2.75, 3.05) is 6.67 Å². The molecule has 2 heterocycles. The van der Waals surface area contributed by atoms with Gasteiger partial charge in [0.25, 0.3) is 0 Å². The first-order chi connectivity index (χ1) is 12.6. The number of aryl methyl sites for hydroxylation is 1. The molecule has 3 aromatic rings. The van der Waals surface area contributed by atoms with Gasteiger partial charge in [0.1, 0.15) is 11.4 Å². The van der Waals surface area contributed by atoms with Crippen molar-refractivity contribution in [1.82, 2.24) is 19.3 Å². The lowest BCUT2D eigenvalue weighted by Crippen LogP contribution is -2.15. The molecule has 11 heteroatoms. The minimum absolute atomic E-state index is 0.135. The van der Waals surface area contributed by atoms with Gasteiger partial charge >= 0.3 is 12.4 Å². The molecule has 0 aliphatic heterocycles. The molecule has 0 saturated heterocycles. The van der Waals surface area contributed by atoms with Gasteiger partial charge in [-0.3, -0.25) is 4.39 Å². The van der Waals surface area contributed by atoms with Crippen molar-refractivity contribution in [2.24, 2.45) is 0 Å². The summed E-state index contributed by atoms with van der Waals surface area (Å²) in [5.41, 5.74) is -3.45. The second-order valence-electron chi connectivity index (χ2n) is 5.49. The monoisotopic (exact) mass is 392 g/mol. The summed E-state index contributed by atoms with van der Waals surface area (Å²) in [5, 5.41) is 3.03. The lowest BCUT2D eigenvalue weighted by Gasteiger charge is -2.08. The molecule has 0 radical (unpaired) electrons. The Labute approximate surface area is 147 Å². The molecular formula is C16H11F7N4. The van der Waals surface area contributed by atoms with E-state index in [0.29, 0.717) is 10.4 Å².